The van der Waals surface area contributed by atoms with Crippen molar-refractivity contribution in [3.8, 4) is 11.6 Å². The van der Waals surface area contributed by atoms with E-state index >= 15 is 0 Å². The lowest BCUT2D eigenvalue weighted by atomic mass is 9.79. The Labute approximate surface area is 150 Å². The second kappa shape index (κ2) is 6.67. The van der Waals surface area contributed by atoms with Crippen molar-refractivity contribution in [2.24, 2.45) is 17.6 Å². The van der Waals surface area contributed by atoms with Crippen molar-refractivity contribution in [1.82, 2.24) is 4.98 Å². The summed E-state index contributed by atoms with van der Waals surface area (Å²) in [5.74, 6) is -0.187. The summed E-state index contributed by atoms with van der Waals surface area (Å²) in [6, 6.07) is 6.43. The van der Waals surface area contributed by atoms with Crippen molar-refractivity contribution in [2.75, 3.05) is 0 Å². The number of primary amides is 1. The number of hydrogen-bond donors (Lipinski definition) is 1. The molecule has 2 aliphatic rings. The summed E-state index contributed by atoms with van der Waals surface area (Å²) in [6.07, 6.45) is 5.43. The van der Waals surface area contributed by atoms with Crippen LogP contribution < -0.4 is 10.5 Å². The maximum atomic E-state index is 14.7. The van der Waals surface area contributed by atoms with Crippen LogP contribution in [0.25, 0.3) is 0 Å². The highest BCUT2D eigenvalue weighted by atomic mass is 19.1. The molecule has 0 spiro atoms. The van der Waals surface area contributed by atoms with Gasteiger partial charge in [0.15, 0.2) is 0 Å². The van der Waals surface area contributed by atoms with E-state index in [1.165, 1.54) is 43.5 Å². The number of aromatic nitrogens is 1. The summed E-state index contributed by atoms with van der Waals surface area (Å²) in [6.45, 7) is 0. The molecule has 2 aromatic rings. The fraction of sp³-hybridized carbons (Fsp3) is 0.400. The molecule has 6 heteroatoms. The zero-order valence-electron chi connectivity index (χ0n) is 14.3. The maximum absolute atomic E-state index is 14.7. The molecule has 2 aliphatic carbocycles. The van der Waals surface area contributed by atoms with Crippen molar-refractivity contribution in [1.29, 1.82) is 0 Å². The number of nitrogens with zero attached hydrogens (tertiary/aromatic N) is 1. The van der Waals surface area contributed by atoms with E-state index in [0.717, 1.165) is 18.9 Å². The van der Waals surface area contributed by atoms with Gasteiger partial charge in [-0.05, 0) is 61.4 Å². The van der Waals surface area contributed by atoms with Gasteiger partial charge in [0.25, 0.3) is 5.91 Å². The molecule has 0 saturated heterocycles. The zero-order valence-corrected chi connectivity index (χ0v) is 14.3. The van der Waals surface area contributed by atoms with Crippen molar-refractivity contribution in [3.63, 3.8) is 0 Å². The summed E-state index contributed by atoms with van der Waals surface area (Å²) in [5.41, 5.74) is 5.58. The third kappa shape index (κ3) is 3.28. The Hall–Kier alpha value is -2.50. The number of benzene rings is 1. The van der Waals surface area contributed by atoms with Crippen LogP contribution in [0.4, 0.5) is 8.78 Å². The first kappa shape index (κ1) is 16.9. The summed E-state index contributed by atoms with van der Waals surface area (Å²) in [7, 11) is 0. The number of ether oxygens (including phenoxy) is 1. The number of fused-ring (bicyclic) bond motifs is 2. The van der Waals surface area contributed by atoms with E-state index in [1.807, 2.05) is 0 Å². The minimum atomic E-state index is -0.816. The molecular weight excluding hydrogens is 338 g/mol. The lowest BCUT2D eigenvalue weighted by molar-refractivity contribution is 0.0996. The highest BCUT2D eigenvalue weighted by Gasteiger charge is 2.36. The minimum Gasteiger partial charge on any atom is -0.438 e. The molecule has 1 amide bonds. The Kier molecular flexibility index (Phi) is 4.34. The summed E-state index contributed by atoms with van der Waals surface area (Å²) >= 11 is 0. The molecule has 2 atom stereocenters. The Morgan fingerprint density at radius 1 is 1.08 bits per heavy atom. The van der Waals surface area contributed by atoms with Crippen LogP contribution >= 0.6 is 0 Å². The first-order valence-electron chi connectivity index (χ1n) is 8.93. The predicted octanol–water partition coefficient (Wildman–Crippen LogP) is 4.54. The van der Waals surface area contributed by atoms with Crippen LogP contribution in [0.1, 0.15) is 54.1 Å². The molecule has 0 aliphatic heterocycles. The number of hydrogen-bond acceptors (Lipinski definition) is 3. The smallest absolute Gasteiger partial charge is 0.254 e. The third-order valence-corrected chi connectivity index (χ3v) is 5.53. The molecule has 1 heterocycles. The second-order valence-corrected chi connectivity index (χ2v) is 7.34. The lowest BCUT2D eigenvalue weighted by Crippen LogP contribution is -2.19. The molecule has 4 nitrogen and oxygen atoms in total. The topological polar surface area (TPSA) is 65.2 Å². The monoisotopic (exact) mass is 358 g/mol. The Morgan fingerprint density at radius 3 is 2.35 bits per heavy atom. The largest absolute Gasteiger partial charge is 0.438 e. The Balaban J connectivity index is 1.69. The number of carbonyl (C=O) groups excluding carboxylic acids is 1. The van der Waals surface area contributed by atoms with Crippen LogP contribution in [-0.4, -0.2) is 10.9 Å². The van der Waals surface area contributed by atoms with E-state index in [9.17, 15) is 13.6 Å². The lowest BCUT2D eigenvalue weighted by Gasteiger charge is -2.27. The van der Waals surface area contributed by atoms with Gasteiger partial charge < -0.3 is 10.5 Å². The van der Waals surface area contributed by atoms with Crippen LogP contribution in [0, 0.1) is 23.5 Å². The molecule has 1 aromatic carbocycles. The van der Waals surface area contributed by atoms with Crippen molar-refractivity contribution >= 4 is 5.91 Å². The maximum Gasteiger partial charge on any atom is 0.254 e. The normalized spacial score (nSPS) is 24.5. The van der Waals surface area contributed by atoms with Gasteiger partial charge >= 0.3 is 0 Å². The summed E-state index contributed by atoms with van der Waals surface area (Å²) in [4.78, 5) is 16.0. The molecule has 2 fully saturated rings. The minimum absolute atomic E-state index is 0.0266. The fourth-order valence-corrected chi connectivity index (χ4v) is 4.37. The van der Waals surface area contributed by atoms with E-state index in [2.05, 4.69) is 4.98 Å². The number of pyridine rings is 1. The van der Waals surface area contributed by atoms with E-state index in [0.29, 0.717) is 23.3 Å². The molecule has 2 unspecified atom stereocenters. The average molecular weight is 358 g/mol. The predicted molar refractivity (Wildman–Crippen MR) is 92.0 cm³/mol. The van der Waals surface area contributed by atoms with Gasteiger partial charge in [0.05, 0.1) is 5.69 Å². The number of halogens is 2. The van der Waals surface area contributed by atoms with Crippen LogP contribution in [0.15, 0.2) is 30.3 Å². The van der Waals surface area contributed by atoms with Crippen LogP contribution in [0.5, 0.6) is 11.6 Å². The van der Waals surface area contributed by atoms with Crippen LogP contribution in [0.2, 0.25) is 0 Å². The average Bonchev–Trinajstić information content (AvgIpc) is 2.96. The quantitative estimate of drug-likeness (QED) is 0.872. The van der Waals surface area contributed by atoms with E-state index < -0.39 is 17.5 Å². The summed E-state index contributed by atoms with van der Waals surface area (Å²) < 4.78 is 33.4. The molecule has 1 aromatic heterocycles. The molecule has 4 rings (SSSR count). The highest BCUT2D eigenvalue weighted by molar-refractivity contribution is 5.95. The van der Waals surface area contributed by atoms with Crippen molar-refractivity contribution in [2.45, 2.75) is 38.0 Å². The van der Waals surface area contributed by atoms with Crippen molar-refractivity contribution in [3.05, 3.63) is 53.2 Å². The van der Waals surface area contributed by atoms with Gasteiger partial charge in [-0.25, -0.2) is 13.8 Å². The van der Waals surface area contributed by atoms with Gasteiger partial charge in [-0.1, -0.05) is 12.8 Å². The molecular formula is C20H20F2N2O2. The van der Waals surface area contributed by atoms with Crippen LogP contribution in [0.3, 0.4) is 0 Å². The van der Waals surface area contributed by atoms with E-state index in [1.54, 1.807) is 0 Å². The molecule has 136 valence electrons. The number of amides is 1. The summed E-state index contributed by atoms with van der Waals surface area (Å²) in [5, 5.41) is 0. The molecule has 2 N–H and O–H groups in total. The number of carbonyl (C=O) groups is 1. The van der Waals surface area contributed by atoms with Gasteiger partial charge in [-0.15, -0.1) is 0 Å². The first-order valence-corrected chi connectivity index (χ1v) is 8.93. The number of rotatable bonds is 4. The zero-order chi connectivity index (χ0) is 18.3. The highest BCUT2D eigenvalue weighted by Crippen LogP contribution is 2.48. The van der Waals surface area contributed by atoms with Crippen LogP contribution in [-0.2, 0) is 0 Å². The van der Waals surface area contributed by atoms with Gasteiger partial charge in [0.1, 0.15) is 22.9 Å². The van der Waals surface area contributed by atoms with Gasteiger partial charge in [0, 0.05) is 5.92 Å². The molecule has 26 heavy (non-hydrogen) atoms. The fourth-order valence-electron chi connectivity index (χ4n) is 4.37. The van der Waals surface area contributed by atoms with E-state index in [-0.39, 0.29) is 17.4 Å². The Bertz CT molecular complexity index is 826. The van der Waals surface area contributed by atoms with E-state index in [4.69, 9.17) is 10.5 Å². The van der Waals surface area contributed by atoms with Gasteiger partial charge in [-0.3, -0.25) is 4.79 Å². The molecule has 0 radical (unpaired) electrons. The molecule has 2 saturated carbocycles. The van der Waals surface area contributed by atoms with Gasteiger partial charge in [0.2, 0.25) is 5.88 Å². The standard InChI is InChI=1S/C20H20F2N2O2/c21-14-3-5-15(6-4-14)26-20-16(19(23)25)10-17(22)18(24-20)13-8-11-1-2-12(7-11)9-13/h3-6,10-13H,1-2,7-9H2,(H2,23,25). The number of nitrogens with two attached hydrogens (primary N) is 1. The Morgan fingerprint density at radius 2 is 1.73 bits per heavy atom. The first-order chi connectivity index (χ1) is 12.5. The van der Waals surface area contributed by atoms with Gasteiger partial charge in [-0.2, -0.15) is 0 Å². The SMILES string of the molecule is NC(=O)c1cc(F)c(C2CC3CCC(C3)C2)nc1Oc1ccc(F)cc1. The molecule has 2 bridgehead atoms. The third-order valence-electron chi connectivity index (χ3n) is 5.53. The second-order valence-electron chi connectivity index (χ2n) is 7.34. The van der Waals surface area contributed by atoms with Crippen molar-refractivity contribution < 1.29 is 18.3 Å².